The van der Waals surface area contributed by atoms with Gasteiger partial charge in [0.05, 0.1) is 13.0 Å². The van der Waals surface area contributed by atoms with E-state index in [-0.39, 0.29) is 12.4 Å². The minimum Gasteiger partial charge on any atom is -0.466 e. The van der Waals surface area contributed by atoms with Gasteiger partial charge in [-0.3, -0.25) is 9.00 Å². The zero-order chi connectivity index (χ0) is 13.2. The first-order valence-electron chi connectivity index (χ1n) is 6.36. The van der Waals surface area contributed by atoms with E-state index in [0.29, 0.717) is 11.9 Å². The number of esters is 1. The second-order valence-corrected chi connectivity index (χ2v) is 8.10. The van der Waals surface area contributed by atoms with Crippen molar-refractivity contribution in [2.75, 3.05) is 12.9 Å². The molecule has 0 aliphatic heterocycles. The van der Waals surface area contributed by atoms with Crippen molar-refractivity contribution in [1.29, 1.82) is 0 Å². The van der Waals surface area contributed by atoms with Crippen molar-refractivity contribution < 1.29 is 13.7 Å². The van der Waals surface area contributed by atoms with E-state index < -0.39 is 9.93 Å². The van der Waals surface area contributed by atoms with Crippen LogP contribution in [0, 0.1) is 0 Å². The third-order valence-electron chi connectivity index (χ3n) is 3.35. The lowest BCUT2D eigenvalue weighted by Gasteiger charge is -2.18. The second kappa shape index (κ2) is 5.22. The van der Waals surface area contributed by atoms with Crippen molar-refractivity contribution in [3.63, 3.8) is 0 Å². The van der Waals surface area contributed by atoms with Crippen LogP contribution >= 0.6 is 0 Å². The first-order chi connectivity index (χ1) is 8.54. The number of carbonyl (C=O) groups excluding carboxylic acids is 1. The van der Waals surface area contributed by atoms with Crippen LogP contribution in [0.25, 0.3) is 0 Å². The topological polar surface area (TPSA) is 43.4 Å². The van der Waals surface area contributed by atoms with Gasteiger partial charge in [-0.2, -0.15) is 0 Å². The predicted molar refractivity (Wildman–Crippen MR) is 73.5 cm³/mol. The highest BCUT2D eigenvalue weighted by molar-refractivity contribution is 8.03. The molecule has 0 saturated heterocycles. The summed E-state index contributed by atoms with van der Waals surface area (Å²) in [5, 5.41) is 0.383. The fourth-order valence-corrected chi connectivity index (χ4v) is 4.36. The van der Waals surface area contributed by atoms with Crippen molar-refractivity contribution in [3.05, 3.63) is 29.8 Å². The molecule has 0 spiro atoms. The molecule has 4 heteroatoms. The van der Waals surface area contributed by atoms with E-state index in [0.717, 1.165) is 23.3 Å². The Balaban J connectivity index is 2.05. The minimum absolute atomic E-state index is 0.216. The molecule has 1 fully saturated rings. The summed E-state index contributed by atoms with van der Waals surface area (Å²) in [6, 6.07) is 7.55. The van der Waals surface area contributed by atoms with Crippen LogP contribution in [0.2, 0.25) is 0 Å². The Morgan fingerprint density at radius 3 is 2.44 bits per heavy atom. The molecule has 0 unspecified atom stereocenters. The summed E-state index contributed by atoms with van der Waals surface area (Å²) in [5.74, 6) is -0.216. The van der Waals surface area contributed by atoms with Crippen molar-refractivity contribution in [2.24, 2.45) is 0 Å². The summed E-state index contributed by atoms with van der Waals surface area (Å²) >= 11 is 0. The van der Waals surface area contributed by atoms with E-state index >= 15 is 0 Å². The first-order valence-corrected chi connectivity index (χ1v) is 8.58. The van der Waals surface area contributed by atoms with Gasteiger partial charge in [-0.05, 0) is 43.7 Å². The maximum atomic E-state index is 12.5. The van der Waals surface area contributed by atoms with Crippen LogP contribution in [0.4, 0.5) is 0 Å². The summed E-state index contributed by atoms with van der Waals surface area (Å²) in [4.78, 5) is 12.3. The molecule has 0 bridgehead atoms. The van der Waals surface area contributed by atoms with Gasteiger partial charge in [0.25, 0.3) is 0 Å². The Labute approximate surface area is 109 Å². The van der Waals surface area contributed by atoms with Crippen molar-refractivity contribution in [2.45, 2.75) is 36.3 Å². The molecule has 0 amide bonds. The Bertz CT molecular complexity index is 474. The van der Waals surface area contributed by atoms with Crippen LogP contribution in [0.15, 0.2) is 29.2 Å². The van der Waals surface area contributed by atoms with Gasteiger partial charge in [0.1, 0.15) is 0 Å². The van der Waals surface area contributed by atoms with Crippen molar-refractivity contribution in [1.82, 2.24) is 0 Å². The number of rotatable bonds is 5. The van der Waals surface area contributed by atoms with Gasteiger partial charge in [-0.1, -0.05) is 22.1 Å². The highest BCUT2D eigenvalue weighted by Gasteiger charge is 2.33. The van der Waals surface area contributed by atoms with E-state index in [1.165, 1.54) is 0 Å². The lowest BCUT2D eigenvalue weighted by molar-refractivity contribution is -0.142. The minimum atomic E-state index is -2.19. The molecule has 100 valence electrons. The number of ether oxygens (including phenoxy) is 1. The SMILES string of the molecule is CCOC(=O)Cc1ccc([SH](C)(=O)C2CC2)cc1. The second-order valence-electron chi connectivity index (χ2n) is 4.87. The smallest absolute Gasteiger partial charge is 0.310 e. The number of carbonyl (C=O) groups is 1. The molecule has 1 aromatic rings. The zero-order valence-corrected chi connectivity index (χ0v) is 11.8. The highest BCUT2D eigenvalue weighted by atomic mass is 32.2. The number of hydrogen-bond donors (Lipinski definition) is 1. The number of benzene rings is 1. The summed E-state index contributed by atoms with van der Waals surface area (Å²) in [6.45, 7) is 2.20. The molecule has 3 nitrogen and oxygen atoms in total. The fourth-order valence-electron chi connectivity index (χ4n) is 2.07. The van der Waals surface area contributed by atoms with Crippen LogP contribution in [-0.4, -0.2) is 28.3 Å². The average Bonchev–Trinajstić information content (AvgIpc) is 3.14. The summed E-state index contributed by atoms with van der Waals surface area (Å²) in [6.07, 6.45) is 4.31. The fraction of sp³-hybridized carbons (Fsp3) is 0.500. The first kappa shape index (κ1) is 13.3. The Morgan fingerprint density at radius 2 is 1.94 bits per heavy atom. The zero-order valence-electron chi connectivity index (χ0n) is 10.9. The summed E-state index contributed by atoms with van der Waals surface area (Å²) in [7, 11) is -2.19. The maximum Gasteiger partial charge on any atom is 0.310 e. The van der Waals surface area contributed by atoms with Crippen LogP contribution in [0.3, 0.4) is 0 Å². The van der Waals surface area contributed by atoms with E-state index in [1.807, 2.05) is 30.5 Å². The molecule has 1 aliphatic rings. The number of thiol groups is 1. The molecule has 0 heterocycles. The molecule has 1 saturated carbocycles. The Hall–Kier alpha value is -1.16. The van der Waals surface area contributed by atoms with Crippen molar-refractivity contribution >= 4 is 15.9 Å². The molecule has 1 aromatic carbocycles. The lowest BCUT2D eigenvalue weighted by Crippen LogP contribution is -2.15. The Kier molecular flexibility index (Phi) is 3.85. The summed E-state index contributed by atoms with van der Waals surface area (Å²) < 4.78 is 17.4. The van der Waals surface area contributed by atoms with E-state index in [9.17, 15) is 9.00 Å². The Morgan fingerprint density at radius 1 is 1.33 bits per heavy atom. The quantitative estimate of drug-likeness (QED) is 0.656. The largest absolute Gasteiger partial charge is 0.466 e. The third kappa shape index (κ3) is 2.99. The molecule has 2 rings (SSSR count). The van der Waals surface area contributed by atoms with Crippen LogP contribution in [0.5, 0.6) is 0 Å². The summed E-state index contributed by atoms with van der Waals surface area (Å²) in [5.41, 5.74) is 0.910. The van der Waals surface area contributed by atoms with Gasteiger partial charge < -0.3 is 4.74 Å². The normalized spacial score (nSPS) is 16.3. The highest BCUT2D eigenvalue weighted by Crippen LogP contribution is 2.37. The third-order valence-corrected chi connectivity index (χ3v) is 6.58. The van der Waals surface area contributed by atoms with Gasteiger partial charge in [0.2, 0.25) is 0 Å². The lowest BCUT2D eigenvalue weighted by atomic mass is 10.1. The van der Waals surface area contributed by atoms with E-state index in [1.54, 1.807) is 6.92 Å². The van der Waals surface area contributed by atoms with Crippen LogP contribution < -0.4 is 0 Å². The van der Waals surface area contributed by atoms with Gasteiger partial charge in [0.15, 0.2) is 0 Å². The van der Waals surface area contributed by atoms with E-state index in [2.05, 4.69) is 0 Å². The van der Waals surface area contributed by atoms with Gasteiger partial charge >= 0.3 is 5.97 Å². The molecular weight excluding hydrogens is 248 g/mol. The van der Waals surface area contributed by atoms with Gasteiger partial charge in [-0.25, -0.2) is 0 Å². The average molecular weight is 268 g/mol. The van der Waals surface area contributed by atoms with Gasteiger partial charge in [-0.15, -0.1) is 0 Å². The molecular formula is C14H20O3S. The molecule has 0 radical (unpaired) electrons. The maximum absolute atomic E-state index is 12.5. The number of hydrogen-bond acceptors (Lipinski definition) is 3. The molecule has 1 aliphatic carbocycles. The molecule has 0 atom stereocenters. The molecule has 0 aromatic heterocycles. The molecule has 0 N–H and O–H groups in total. The monoisotopic (exact) mass is 268 g/mol. The predicted octanol–water partition coefficient (Wildman–Crippen LogP) is 1.96. The van der Waals surface area contributed by atoms with E-state index in [4.69, 9.17) is 4.74 Å². The van der Waals surface area contributed by atoms with Crippen molar-refractivity contribution in [3.8, 4) is 0 Å². The standard InChI is InChI=1S/C14H20O3S/c1-3-17-14(15)10-11-4-6-12(7-5-11)18(2,16)13-8-9-13/h4-7,13,18H,3,8-10H2,1-2H3. The molecule has 18 heavy (non-hydrogen) atoms. The van der Waals surface area contributed by atoms with Gasteiger partial charge in [0, 0.05) is 10.1 Å². The van der Waals surface area contributed by atoms with Crippen LogP contribution in [-0.2, 0) is 25.9 Å². The van der Waals surface area contributed by atoms with Crippen LogP contribution in [0.1, 0.15) is 25.3 Å².